The summed E-state index contributed by atoms with van der Waals surface area (Å²) < 4.78 is 6.89. The highest BCUT2D eigenvalue weighted by molar-refractivity contribution is 7.20. The maximum absolute atomic E-state index is 13.0. The van der Waals surface area contributed by atoms with E-state index in [4.69, 9.17) is 4.74 Å². The summed E-state index contributed by atoms with van der Waals surface area (Å²) in [6.07, 6.45) is 0. The van der Waals surface area contributed by atoms with Crippen LogP contribution in [0.3, 0.4) is 0 Å². The molecule has 4 rings (SSSR count). The van der Waals surface area contributed by atoms with Crippen molar-refractivity contribution >= 4 is 33.4 Å². The van der Waals surface area contributed by atoms with Crippen LogP contribution in [0.4, 0.5) is 0 Å². The van der Waals surface area contributed by atoms with Gasteiger partial charge in [-0.25, -0.2) is 0 Å². The third kappa shape index (κ3) is 4.04. The number of carbonyl (C=O) groups excluding carboxylic acids is 2. The molecular weight excluding hydrogens is 388 g/mol. The van der Waals surface area contributed by atoms with Crippen molar-refractivity contribution < 1.29 is 14.3 Å². The molecule has 3 heterocycles. The number of carbonyl (C=O) groups is 2. The number of aryl methyl sites for hydroxylation is 1. The van der Waals surface area contributed by atoms with Gasteiger partial charge in [-0.05, 0) is 18.6 Å². The van der Waals surface area contributed by atoms with Gasteiger partial charge in [0.2, 0.25) is 5.91 Å². The lowest BCUT2D eigenvalue weighted by atomic mass is 10.2. The Morgan fingerprint density at radius 3 is 2.48 bits per heavy atom. The number of hydrogen-bond donors (Lipinski definition) is 0. The minimum absolute atomic E-state index is 0.0238. The molecule has 8 heteroatoms. The van der Waals surface area contributed by atoms with E-state index in [9.17, 15) is 9.59 Å². The van der Waals surface area contributed by atoms with E-state index in [2.05, 4.69) is 17.2 Å². The van der Waals surface area contributed by atoms with Gasteiger partial charge < -0.3 is 14.5 Å². The summed E-state index contributed by atoms with van der Waals surface area (Å²) in [5.41, 5.74) is 2.11. The zero-order valence-electron chi connectivity index (χ0n) is 16.6. The molecule has 0 unspecified atom stereocenters. The quantitative estimate of drug-likeness (QED) is 0.645. The summed E-state index contributed by atoms with van der Waals surface area (Å²) >= 11 is 1.49. The highest BCUT2D eigenvalue weighted by Crippen LogP contribution is 2.30. The summed E-state index contributed by atoms with van der Waals surface area (Å²) in [5.74, 6) is -0.00575. The molecular formula is C21H24N4O3S. The van der Waals surface area contributed by atoms with E-state index in [0.717, 1.165) is 20.8 Å². The third-order valence-corrected chi connectivity index (χ3v) is 6.32. The van der Waals surface area contributed by atoms with Crippen molar-refractivity contribution in [3.05, 3.63) is 52.5 Å². The van der Waals surface area contributed by atoms with Gasteiger partial charge >= 0.3 is 0 Å². The van der Waals surface area contributed by atoms with Crippen molar-refractivity contribution in [2.24, 2.45) is 0 Å². The molecule has 1 fully saturated rings. The average molecular weight is 413 g/mol. The Kier molecular flexibility index (Phi) is 5.64. The second-order valence-corrected chi connectivity index (χ2v) is 8.19. The number of ether oxygens (including phenoxy) is 1. The minimum atomic E-state index is -0.0295. The van der Waals surface area contributed by atoms with E-state index in [-0.39, 0.29) is 18.4 Å². The number of amides is 2. The molecule has 2 aromatic heterocycles. The second-order valence-electron chi connectivity index (χ2n) is 7.16. The van der Waals surface area contributed by atoms with Crippen molar-refractivity contribution in [2.45, 2.75) is 13.5 Å². The molecule has 3 aromatic rings. The maximum atomic E-state index is 13.0. The molecule has 1 aliphatic rings. The van der Waals surface area contributed by atoms with Gasteiger partial charge in [-0.3, -0.25) is 14.3 Å². The molecule has 0 atom stereocenters. The van der Waals surface area contributed by atoms with E-state index in [0.29, 0.717) is 32.7 Å². The Hall–Kier alpha value is -2.71. The van der Waals surface area contributed by atoms with Crippen molar-refractivity contribution in [1.29, 1.82) is 0 Å². The topological polar surface area (TPSA) is 67.7 Å². The normalized spacial score (nSPS) is 14.6. The van der Waals surface area contributed by atoms with Gasteiger partial charge in [-0.2, -0.15) is 5.10 Å². The van der Waals surface area contributed by atoms with Gasteiger partial charge in [0.05, 0.1) is 17.1 Å². The van der Waals surface area contributed by atoms with Crippen molar-refractivity contribution in [3.8, 4) is 0 Å². The molecule has 0 radical (unpaired) electrons. The van der Waals surface area contributed by atoms with E-state index in [1.165, 1.54) is 24.0 Å². The highest BCUT2D eigenvalue weighted by atomic mass is 32.1. The van der Waals surface area contributed by atoms with Crippen molar-refractivity contribution in [1.82, 2.24) is 19.6 Å². The molecule has 1 aromatic carbocycles. The third-order valence-electron chi connectivity index (χ3n) is 5.18. The molecule has 0 bridgehead atoms. The Morgan fingerprint density at radius 1 is 1.10 bits per heavy atom. The van der Waals surface area contributed by atoms with E-state index in [1.807, 2.05) is 40.8 Å². The highest BCUT2D eigenvalue weighted by Gasteiger charge is 2.26. The van der Waals surface area contributed by atoms with E-state index in [1.54, 1.807) is 4.90 Å². The standard InChI is InChI=1S/C21H24N4O3S/c1-15-17-12-18(20(27)24-10-8-23(9-11-24)19(26)14-28-2)29-21(17)25(22-15)13-16-6-4-3-5-7-16/h3-7,12H,8-11,13-14H2,1-2H3. The number of thiophene rings is 1. The van der Waals surface area contributed by atoms with Crippen LogP contribution in [0.1, 0.15) is 20.9 Å². The van der Waals surface area contributed by atoms with Gasteiger partial charge in [0, 0.05) is 38.7 Å². The number of aromatic nitrogens is 2. The first-order valence-electron chi connectivity index (χ1n) is 9.63. The largest absolute Gasteiger partial charge is 0.375 e. The first-order chi connectivity index (χ1) is 14.1. The number of methoxy groups -OCH3 is 1. The number of nitrogens with zero attached hydrogens (tertiary/aromatic N) is 4. The number of piperazine rings is 1. The van der Waals surface area contributed by atoms with Crippen LogP contribution in [0.5, 0.6) is 0 Å². The molecule has 0 N–H and O–H groups in total. The summed E-state index contributed by atoms with van der Waals surface area (Å²) in [4.78, 5) is 30.3. The van der Waals surface area contributed by atoms with Crippen molar-refractivity contribution in [2.75, 3.05) is 39.9 Å². The van der Waals surface area contributed by atoms with Crippen LogP contribution in [0, 0.1) is 6.92 Å². The molecule has 0 aliphatic carbocycles. The van der Waals surface area contributed by atoms with Gasteiger partial charge in [0.25, 0.3) is 5.91 Å². The van der Waals surface area contributed by atoms with Crippen LogP contribution in [0.2, 0.25) is 0 Å². The summed E-state index contributed by atoms with van der Waals surface area (Å²) in [7, 11) is 1.51. The van der Waals surface area contributed by atoms with Crippen LogP contribution < -0.4 is 0 Å². The van der Waals surface area contributed by atoms with Crippen LogP contribution in [0.15, 0.2) is 36.4 Å². The fraction of sp³-hybridized carbons (Fsp3) is 0.381. The average Bonchev–Trinajstić information content (AvgIpc) is 3.30. The Balaban J connectivity index is 1.49. The van der Waals surface area contributed by atoms with Crippen LogP contribution in [-0.4, -0.2) is 71.3 Å². The van der Waals surface area contributed by atoms with Gasteiger partial charge in [0.1, 0.15) is 11.4 Å². The second kappa shape index (κ2) is 8.34. The first-order valence-corrected chi connectivity index (χ1v) is 10.5. The lowest BCUT2D eigenvalue weighted by Gasteiger charge is -2.34. The summed E-state index contributed by atoms with van der Waals surface area (Å²) in [5, 5.41) is 5.68. The number of hydrogen-bond acceptors (Lipinski definition) is 5. The molecule has 2 amide bonds. The van der Waals surface area contributed by atoms with Crippen LogP contribution in [-0.2, 0) is 16.1 Å². The maximum Gasteiger partial charge on any atom is 0.264 e. The number of rotatable bonds is 5. The molecule has 152 valence electrons. The fourth-order valence-corrected chi connectivity index (χ4v) is 4.74. The van der Waals surface area contributed by atoms with Crippen LogP contribution >= 0.6 is 11.3 Å². The van der Waals surface area contributed by atoms with E-state index < -0.39 is 0 Å². The fourth-order valence-electron chi connectivity index (χ4n) is 3.61. The predicted octanol–water partition coefficient (Wildman–Crippen LogP) is 2.39. The molecule has 7 nitrogen and oxygen atoms in total. The number of benzene rings is 1. The number of fused-ring (bicyclic) bond motifs is 1. The molecule has 1 saturated heterocycles. The Bertz CT molecular complexity index is 1020. The first kappa shape index (κ1) is 19.6. The van der Waals surface area contributed by atoms with Gasteiger partial charge in [-0.15, -0.1) is 11.3 Å². The lowest BCUT2D eigenvalue weighted by Crippen LogP contribution is -2.51. The molecule has 0 spiro atoms. The summed E-state index contributed by atoms with van der Waals surface area (Å²) in [6, 6.07) is 12.1. The zero-order chi connectivity index (χ0) is 20.4. The van der Waals surface area contributed by atoms with Gasteiger partial charge in [-0.1, -0.05) is 30.3 Å². The SMILES string of the molecule is COCC(=O)N1CCN(C(=O)c2cc3c(C)nn(Cc4ccccc4)c3s2)CC1. The monoisotopic (exact) mass is 412 g/mol. The smallest absolute Gasteiger partial charge is 0.264 e. The van der Waals surface area contributed by atoms with Crippen molar-refractivity contribution in [3.63, 3.8) is 0 Å². The molecule has 0 saturated carbocycles. The zero-order valence-corrected chi connectivity index (χ0v) is 17.4. The predicted molar refractivity (Wildman–Crippen MR) is 112 cm³/mol. The van der Waals surface area contributed by atoms with Gasteiger partial charge in [0.15, 0.2) is 0 Å². The summed E-state index contributed by atoms with van der Waals surface area (Å²) in [6.45, 7) is 4.90. The Labute approximate surface area is 173 Å². The minimum Gasteiger partial charge on any atom is -0.375 e. The Morgan fingerprint density at radius 2 is 1.79 bits per heavy atom. The van der Waals surface area contributed by atoms with Crippen LogP contribution in [0.25, 0.3) is 10.2 Å². The molecule has 1 aliphatic heterocycles. The van der Waals surface area contributed by atoms with E-state index >= 15 is 0 Å². The lowest BCUT2D eigenvalue weighted by molar-refractivity contribution is -0.136. The molecule has 29 heavy (non-hydrogen) atoms.